The number of aromatic amines is 1. The minimum Gasteiger partial charge on any atom is -0.326 e. The topological polar surface area (TPSA) is 86.9 Å². The number of amides is 2. The van der Waals surface area contributed by atoms with Crippen molar-refractivity contribution in [2.75, 3.05) is 10.6 Å². The normalized spacial score (nSPS) is 10.2. The van der Waals surface area contributed by atoms with Gasteiger partial charge in [0, 0.05) is 23.5 Å². The van der Waals surface area contributed by atoms with Crippen LogP contribution in [0.3, 0.4) is 0 Å². The summed E-state index contributed by atoms with van der Waals surface area (Å²) in [5, 5.41) is 12.2. The number of hydrogen-bond acceptors (Lipinski definition) is 3. The average Bonchev–Trinajstić information content (AvgIpc) is 2.81. The van der Waals surface area contributed by atoms with E-state index < -0.39 is 0 Å². The number of H-pyrrole nitrogens is 1. The zero-order chi connectivity index (χ0) is 15.4. The van der Waals surface area contributed by atoms with Crippen LogP contribution in [-0.4, -0.2) is 22.0 Å². The standard InChI is InChI=1S/C14H15BrN4O2/c1-3-11(20)16-9-4-6-10(7-5-9)17-14(21)13-12(15)8(2)18-19-13/h4-7H,3H2,1-2H3,(H,16,20)(H,17,21)(H,18,19). The highest BCUT2D eigenvalue weighted by atomic mass is 79.9. The maximum atomic E-state index is 12.1. The Labute approximate surface area is 130 Å². The number of anilines is 2. The average molecular weight is 351 g/mol. The minimum absolute atomic E-state index is 0.0530. The largest absolute Gasteiger partial charge is 0.326 e. The SMILES string of the molecule is CCC(=O)Nc1ccc(NC(=O)c2n[nH]c(C)c2Br)cc1. The van der Waals surface area contributed by atoms with Crippen LogP contribution in [0.15, 0.2) is 28.7 Å². The molecule has 110 valence electrons. The number of hydrogen-bond donors (Lipinski definition) is 3. The van der Waals surface area contributed by atoms with Crippen LogP contribution in [0, 0.1) is 6.92 Å². The first-order valence-corrected chi connectivity index (χ1v) is 7.22. The fourth-order valence-electron chi connectivity index (χ4n) is 1.64. The summed E-state index contributed by atoms with van der Waals surface area (Å²) in [5.74, 6) is -0.362. The van der Waals surface area contributed by atoms with Crippen molar-refractivity contribution < 1.29 is 9.59 Å². The van der Waals surface area contributed by atoms with Gasteiger partial charge in [0.2, 0.25) is 5.91 Å². The van der Waals surface area contributed by atoms with Gasteiger partial charge in [-0.15, -0.1) is 0 Å². The molecule has 1 heterocycles. The zero-order valence-electron chi connectivity index (χ0n) is 11.7. The Morgan fingerprint density at radius 2 is 1.76 bits per heavy atom. The predicted octanol–water partition coefficient (Wildman–Crippen LogP) is 3.08. The van der Waals surface area contributed by atoms with E-state index in [1.807, 2.05) is 6.92 Å². The third-order valence-electron chi connectivity index (χ3n) is 2.84. The second-order valence-corrected chi connectivity index (χ2v) is 5.24. The molecule has 21 heavy (non-hydrogen) atoms. The van der Waals surface area contributed by atoms with Gasteiger partial charge in [0.25, 0.3) is 5.91 Å². The Hall–Kier alpha value is -2.15. The first-order valence-electron chi connectivity index (χ1n) is 6.43. The van der Waals surface area contributed by atoms with Crippen LogP contribution >= 0.6 is 15.9 Å². The molecule has 0 saturated heterocycles. The molecule has 7 heteroatoms. The molecule has 3 N–H and O–H groups in total. The number of aryl methyl sites for hydroxylation is 1. The van der Waals surface area contributed by atoms with E-state index in [2.05, 4.69) is 36.8 Å². The molecule has 0 fully saturated rings. The van der Waals surface area contributed by atoms with E-state index >= 15 is 0 Å². The maximum Gasteiger partial charge on any atom is 0.277 e. The summed E-state index contributed by atoms with van der Waals surface area (Å²) < 4.78 is 0.645. The van der Waals surface area contributed by atoms with Crippen molar-refractivity contribution >= 4 is 39.1 Å². The molecular formula is C14H15BrN4O2. The van der Waals surface area contributed by atoms with Crippen LogP contribution in [0.5, 0.6) is 0 Å². The van der Waals surface area contributed by atoms with Crippen LogP contribution in [0.25, 0.3) is 0 Å². The fourth-order valence-corrected chi connectivity index (χ4v) is 2.00. The highest BCUT2D eigenvalue weighted by molar-refractivity contribution is 9.10. The monoisotopic (exact) mass is 350 g/mol. The number of carbonyl (C=O) groups excluding carboxylic acids is 2. The number of nitrogens with one attached hydrogen (secondary N) is 3. The Morgan fingerprint density at radius 1 is 1.19 bits per heavy atom. The number of rotatable bonds is 4. The Bertz CT molecular complexity index is 664. The first kappa shape index (κ1) is 15.2. The van der Waals surface area contributed by atoms with Gasteiger partial charge in [-0.2, -0.15) is 5.10 Å². The second-order valence-electron chi connectivity index (χ2n) is 4.44. The third kappa shape index (κ3) is 3.69. The molecule has 0 radical (unpaired) electrons. The van der Waals surface area contributed by atoms with Gasteiger partial charge >= 0.3 is 0 Å². The molecule has 1 aromatic heterocycles. The molecule has 2 amide bonds. The van der Waals surface area contributed by atoms with Crippen molar-refractivity contribution in [3.05, 3.63) is 40.1 Å². The Morgan fingerprint density at radius 3 is 2.24 bits per heavy atom. The second kappa shape index (κ2) is 6.53. The van der Waals surface area contributed by atoms with Crippen molar-refractivity contribution in [3.8, 4) is 0 Å². The third-order valence-corrected chi connectivity index (χ3v) is 3.81. The van der Waals surface area contributed by atoms with Gasteiger partial charge in [0.15, 0.2) is 5.69 Å². The Balaban J connectivity index is 2.05. The predicted molar refractivity (Wildman–Crippen MR) is 84.3 cm³/mol. The molecule has 6 nitrogen and oxygen atoms in total. The summed E-state index contributed by atoms with van der Waals surface area (Å²) in [5.41, 5.74) is 2.41. The van der Waals surface area contributed by atoms with Gasteiger partial charge in [-0.25, -0.2) is 0 Å². The smallest absolute Gasteiger partial charge is 0.277 e. The van der Waals surface area contributed by atoms with Crippen LogP contribution in [0.1, 0.15) is 29.5 Å². The summed E-state index contributed by atoms with van der Waals surface area (Å²) in [7, 11) is 0. The lowest BCUT2D eigenvalue weighted by atomic mass is 10.2. The van der Waals surface area contributed by atoms with Crippen molar-refractivity contribution in [3.63, 3.8) is 0 Å². The quantitative estimate of drug-likeness (QED) is 0.791. The fraction of sp³-hybridized carbons (Fsp3) is 0.214. The van der Waals surface area contributed by atoms with E-state index in [1.165, 1.54) is 0 Å². The highest BCUT2D eigenvalue weighted by Crippen LogP contribution is 2.20. The van der Waals surface area contributed by atoms with Gasteiger partial charge < -0.3 is 10.6 Å². The molecule has 0 aliphatic rings. The van der Waals surface area contributed by atoms with Crippen LogP contribution in [0.2, 0.25) is 0 Å². The summed E-state index contributed by atoms with van der Waals surface area (Å²) in [6.07, 6.45) is 0.422. The van der Waals surface area contributed by atoms with Crippen molar-refractivity contribution in [1.82, 2.24) is 10.2 Å². The number of aromatic nitrogens is 2. The number of carbonyl (C=O) groups is 2. The molecule has 0 aliphatic carbocycles. The van der Waals surface area contributed by atoms with Crippen LogP contribution < -0.4 is 10.6 Å². The first-order chi connectivity index (χ1) is 10.0. The molecule has 0 spiro atoms. The maximum absolute atomic E-state index is 12.1. The molecule has 0 saturated carbocycles. The van der Waals surface area contributed by atoms with Crippen LogP contribution in [0.4, 0.5) is 11.4 Å². The Kier molecular flexibility index (Phi) is 4.74. The van der Waals surface area contributed by atoms with Gasteiger partial charge in [-0.05, 0) is 47.1 Å². The minimum atomic E-state index is -0.309. The van der Waals surface area contributed by atoms with Gasteiger partial charge in [0.05, 0.1) is 4.47 Å². The lowest BCUT2D eigenvalue weighted by Crippen LogP contribution is -2.13. The molecule has 2 aromatic rings. The molecule has 0 atom stereocenters. The van der Waals surface area contributed by atoms with E-state index in [1.54, 1.807) is 31.2 Å². The molecule has 1 aromatic carbocycles. The zero-order valence-corrected chi connectivity index (χ0v) is 13.2. The van der Waals surface area contributed by atoms with Gasteiger partial charge in [-0.3, -0.25) is 14.7 Å². The van der Waals surface area contributed by atoms with Gasteiger partial charge in [-0.1, -0.05) is 6.92 Å². The lowest BCUT2D eigenvalue weighted by Gasteiger charge is -2.06. The summed E-state index contributed by atoms with van der Waals surface area (Å²) >= 11 is 3.31. The highest BCUT2D eigenvalue weighted by Gasteiger charge is 2.15. The van der Waals surface area contributed by atoms with Crippen LogP contribution in [-0.2, 0) is 4.79 Å². The van der Waals surface area contributed by atoms with Crippen molar-refractivity contribution in [1.29, 1.82) is 0 Å². The van der Waals surface area contributed by atoms with E-state index in [9.17, 15) is 9.59 Å². The number of benzene rings is 1. The van der Waals surface area contributed by atoms with E-state index in [0.29, 0.717) is 28.0 Å². The van der Waals surface area contributed by atoms with Crippen molar-refractivity contribution in [2.45, 2.75) is 20.3 Å². The lowest BCUT2D eigenvalue weighted by molar-refractivity contribution is -0.115. The van der Waals surface area contributed by atoms with E-state index in [0.717, 1.165) is 5.69 Å². The van der Waals surface area contributed by atoms with Gasteiger partial charge in [0.1, 0.15) is 0 Å². The number of nitrogens with zero attached hydrogens (tertiary/aromatic N) is 1. The van der Waals surface area contributed by atoms with E-state index in [4.69, 9.17) is 0 Å². The molecular weight excluding hydrogens is 336 g/mol. The summed E-state index contributed by atoms with van der Waals surface area (Å²) in [6.45, 7) is 3.60. The molecule has 2 rings (SSSR count). The number of halogens is 1. The molecule has 0 bridgehead atoms. The summed E-state index contributed by atoms with van der Waals surface area (Å²) in [4.78, 5) is 23.3. The molecule has 0 unspecified atom stereocenters. The molecule has 0 aliphatic heterocycles. The summed E-state index contributed by atoms with van der Waals surface area (Å²) in [6, 6.07) is 6.90. The van der Waals surface area contributed by atoms with Crippen molar-refractivity contribution in [2.24, 2.45) is 0 Å². The van der Waals surface area contributed by atoms with E-state index in [-0.39, 0.29) is 11.8 Å².